The van der Waals surface area contributed by atoms with E-state index in [1.165, 1.54) is 25.3 Å². The Morgan fingerprint density at radius 2 is 2.00 bits per heavy atom. The van der Waals surface area contributed by atoms with E-state index in [0.717, 1.165) is 0 Å². The zero-order valence-electron chi connectivity index (χ0n) is 11.7. The van der Waals surface area contributed by atoms with Crippen molar-refractivity contribution in [2.45, 2.75) is 24.9 Å². The van der Waals surface area contributed by atoms with Gasteiger partial charge in [-0.05, 0) is 47.7 Å². The normalized spacial score (nSPS) is 20.4. The third-order valence-corrected chi connectivity index (χ3v) is 4.12. The molecule has 4 heteroatoms. The number of ether oxygens (including phenoxy) is 1. The number of benzene rings is 2. The first-order valence-electron chi connectivity index (χ1n) is 6.86. The molecule has 21 heavy (non-hydrogen) atoms. The number of rotatable bonds is 3. The second-order valence-corrected chi connectivity index (χ2v) is 5.44. The first kappa shape index (κ1) is 14.0. The van der Waals surface area contributed by atoms with Crippen LogP contribution in [0.1, 0.15) is 23.1 Å². The summed E-state index contributed by atoms with van der Waals surface area (Å²) in [5.41, 5.74) is 0.693. The second-order valence-electron chi connectivity index (χ2n) is 5.44. The van der Waals surface area contributed by atoms with E-state index in [2.05, 4.69) is 0 Å². The molecule has 0 amide bonds. The first-order chi connectivity index (χ1) is 10.0. The Labute approximate surface area is 122 Å². The van der Waals surface area contributed by atoms with Crippen molar-refractivity contribution in [2.24, 2.45) is 0 Å². The van der Waals surface area contributed by atoms with Crippen LogP contribution in [-0.4, -0.2) is 12.2 Å². The molecule has 0 fully saturated rings. The Hall–Kier alpha value is -1.94. The molecule has 2 aromatic carbocycles. The smallest absolute Gasteiger partial charge is 0.165 e. The topological polar surface area (TPSA) is 29.5 Å². The molecule has 2 aromatic rings. The first-order valence-corrected chi connectivity index (χ1v) is 6.86. The van der Waals surface area contributed by atoms with Gasteiger partial charge in [-0.3, -0.25) is 0 Å². The molecule has 1 aliphatic rings. The zero-order valence-corrected chi connectivity index (χ0v) is 11.7. The Bertz CT molecular complexity index is 684. The molecular weight excluding hydrogens is 274 g/mol. The maximum atomic E-state index is 13.7. The van der Waals surface area contributed by atoms with Crippen LogP contribution >= 0.6 is 0 Å². The lowest BCUT2D eigenvalue weighted by molar-refractivity contribution is 0.0388. The maximum Gasteiger partial charge on any atom is 0.165 e. The molecule has 0 saturated carbocycles. The number of halogens is 2. The van der Waals surface area contributed by atoms with Crippen molar-refractivity contribution >= 4 is 0 Å². The van der Waals surface area contributed by atoms with Gasteiger partial charge in [-0.2, -0.15) is 0 Å². The molecule has 2 nitrogen and oxygen atoms in total. The average molecular weight is 290 g/mol. The summed E-state index contributed by atoms with van der Waals surface area (Å²) in [6.45, 7) is 0. The number of fused-ring (bicyclic) bond motifs is 1. The molecule has 110 valence electrons. The molecule has 0 spiro atoms. The monoisotopic (exact) mass is 290 g/mol. The molecule has 0 radical (unpaired) electrons. The van der Waals surface area contributed by atoms with Crippen molar-refractivity contribution in [1.29, 1.82) is 0 Å². The largest absolute Gasteiger partial charge is 0.494 e. The van der Waals surface area contributed by atoms with Crippen LogP contribution in [0.4, 0.5) is 8.78 Å². The SMILES string of the molecule is COc1ccc(CC2(O)CCc3c(F)cccc32)cc1F. The van der Waals surface area contributed by atoms with Crippen LogP contribution in [0.5, 0.6) is 5.75 Å². The quantitative estimate of drug-likeness (QED) is 0.939. The van der Waals surface area contributed by atoms with Gasteiger partial charge in [0, 0.05) is 6.42 Å². The van der Waals surface area contributed by atoms with Crippen LogP contribution in [0.2, 0.25) is 0 Å². The van der Waals surface area contributed by atoms with E-state index in [0.29, 0.717) is 29.5 Å². The van der Waals surface area contributed by atoms with E-state index < -0.39 is 11.4 Å². The van der Waals surface area contributed by atoms with Gasteiger partial charge in [-0.15, -0.1) is 0 Å². The predicted molar refractivity (Wildman–Crippen MR) is 75.3 cm³/mol. The lowest BCUT2D eigenvalue weighted by Crippen LogP contribution is -2.25. The minimum Gasteiger partial charge on any atom is -0.494 e. The summed E-state index contributed by atoms with van der Waals surface area (Å²) in [6, 6.07) is 9.35. The zero-order chi connectivity index (χ0) is 15.0. The summed E-state index contributed by atoms with van der Waals surface area (Å²) in [5.74, 6) is -0.580. The van der Waals surface area contributed by atoms with Gasteiger partial charge in [0.15, 0.2) is 11.6 Å². The van der Waals surface area contributed by atoms with Gasteiger partial charge in [0.25, 0.3) is 0 Å². The van der Waals surface area contributed by atoms with Gasteiger partial charge in [0.05, 0.1) is 12.7 Å². The fraction of sp³-hybridized carbons (Fsp3) is 0.294. The lowest BCUT2D eigenvalue weighted by atomic mass is 9.88. The third kappa shape index (κ3) is 2.40. The minimum atomic E-state index is -1.14. The van der Waals surface area contributed by atoms with Crippen molar-refractivity contribution in [3.8, 4) is 5.75 Å². The summed E-state index contributed by atoms with van der Waals surface area (Å²) in [4.78, 5) is 0. The number of methoxy groups -OCH3 is 1. The van der Waals surface area contributed by atoms with Crippen LogP contribution in [0.25, 0.3) is 0 Å². The van der Waals surface area contributed by atoms with Crippen LogP contribution in [0.3, 0.4) is 0 Å². The second kappa shape index (κ2) is 5.11. The van der Waals surface area contributed by atoms with Crippen LogP contribution < -0.4 is 4.74 Å². The van der Waals surface area contributed by atoms with Crippen molar-refractivity contribution in [3.63, 3.8) is 0 Å². The number of hydrogen-bond acceptors (Lipinski definition) is 2. The lowest BCUT2D eigenvalue weighted by Gasteiger charge is -2.24. The van der Waals surface area contributed by atoms with Crippen LogP contribution in [0, 0.1) is 11.6 Å². The fourth-order valence-corrected chi connectivity index (χ4v) is 3.06. The molecular formula is C17H16F2O2. The Balaban J connectivity index is 1.93. The Kier molecular flexibility index (Phi) is 3.41. The minimum absolute atomic E-state index is 0.170. The number of aliphatic hydroxyl groups is 1. The van der Waals surface area contributed by atoms with Gasteiger partial charge in [0.1, 0.15) is 5.82 Å². The van der Waals surface area contributed by atoms with Crippen LogP contribution in [-0.2, 0) is 18.4 Å². The van der Waals surface area contributed by atoms with Crippen molar-refractivity contribution in [2.75, 3.05) is 7.11 Å². The van der Waals surface area contributed by atoms with Crippen molar-refractivity contribution in [3.05, 3.63) is 64.7 Å². The standard InChI is InChI=1S/C17H16F2O2/c1-21-16-6-5-11(9-15(16)19)10-17(20)8-7-12-13(17)3-2-4-14(12)18/h2-6,9,20H,7-8,10H2,1H3. The molecule has 0 aliphatic heterocycles. The molecule has 0 heterocycles. The summed E-state index contributed by atoms with van der Waals surface area (Å²) < 4.78 is 32.4. The predicted octanol–water partition coefficient (Wildman–Crippen LogP) is 3.35. The van der Waals surface area contributed by atoms with E-state index in [1.54, 1.807) is 18.2 Å². The van der Waals surface area contributed by atoms with E-state index in [4.69, 9.17) is 4.74 Å². The Morgan fingerprint density at radius 3 is 2.71 bits per heavy atom. The van der Waals surface area contributed by atoms with E-state index in [-0.39, 0.29) is 18.0 Å². The highest BCUT2D eigenvalue weighted by Gasteiger charge is 2.38. The van der Waals surface area contributed by atoms with Gasteiger partial charge < -0.3 is 9.84 Å². The van der Waals surface area contributed by atoms with Gasteiger partial charge >= 0.3 is 0 Å². The highest BCUT2D eigenvalue weighted by Crippen LogP contribution is 2.40. The Morgan fingerprint density at radius 1 is 1.19 bits per heavy atom. The maximum absolute atomic E-state index is 13.7. The molecule has 0 saturated heterocycles. The number of hydrogen-bond donors (Lipinski definition) is 1. The summed E-state index contributed by atoms with van der Waals surface area (Å²) in [5, 5.41) is 10.8. The van der Waals surface area contributed by atoms with Gasteiger partial charge in [-0.25, -0.2) is 8.78 Å². The van der Waals surface area contributed by atoms with Gasteiger partial charge in [-0.1, -0.05) is 18.2 Å². The van der Waals surface area contributed by atoms with Crippen LogP contribution in [0.15, 0.2) is 36.4 Å². The molecule has 1 atom stereocenters. The highest BCUT2D eigenvalue weighted by molar-refractivity contribution is 5.40. The molecule has 1 aliphatic carbocycles. The highest BCUT2D eigenvalue weighted by atomic mass is 19.1. The molecule has 0 bridgehead atoms. The van der Waals surface area contributed by atoms with E-state index in [1.807, 2.05) is 0 Å². The summed E-state index contributed by atoms with van der Waals surface area (Å²) in [7, 11) is 1.40. The average Bonchev–Trinajstić information content (AvgIpc) is 2.78. The molecule has 3 rings (SSSR count). The summed E-state index contributed by atoms with van der Waals surface area (Å²) in [6.07, 6.45) is 1.19. The van der Waals surface area contributed by atoms with Gasteiger partial charge in [0.2, 0.25) is 0 Å². The van der Waals surface area contributed by atoms with Crippen molar-refractivity contribution < 1.29 is 18.6 Å². The van der Waals surface area contributed by atoms with E-state index >= 15 is 0 Å². The molecule has 1 unspecified atom stereocenters. The van der Waals surface area contributed by atoms with E-state index in [9.17, 15) is 13.9 Å². The molecule has 0 aromatic heterocycles. The third-order valence-electron chi connectivity index (χ3n) is 4.12. The van der Waals surface area contributed by atoms with Crippen molar-refractivity contribution in [1.82, 2.24) is 0 Å². The molecule has 1 N–H and O–H groups in total. The summed E-state index contributed by atoms with van der Waals surface area (Å²) >= 11 is 0. The fourth-order valence-electron chi connectivity index (χ4n) is 3.06.